The third-order valence-corrected chi connectivity index (χ3v) is 2.67. The number of hydrogen-bond acceptors (Lipinski definition) is 3. The third-order valence-electron chi connectivity index (χ3n) is 1.80. The van der Waals surface area contributed by atoms with Crippen LogP contribution in [0.15, 0.2) is 29.2 Å². The van der Waals surface area contributed by atoms with Crippen molar-refractivity contribution >= 4 is 16.3 Å². The fourth-order valence-corrected chi connectivity index (χ4v) is 1.55. The average Bonchev–Trinajstić information content (AvgIpc) is 2.14. The lowest BCUT2D eigenvalue weighted by Crippen LogP contribution is -1.97. The van der Waals surface area contributed by atoms with E-state index < -0.39 is 10.1 Å². The highest BCUT2D eigenvalue weighted by Crippen LogP contribution is 2.10. The first-order chi connectivity index (χ1) is 6.54. The molecule has 0 aliphatic carbocycles. The van der Waals surface area contributed by atoms with Gasteiger partial charge in [0.1, 0.15) is 0 Å². The minimum absolute atomic E-state index is 0.101. The second kappa shape index (κ2) is 4.34. The average molecular weight is 213 g/mol. The zero-order valence-electron chi connectivity index (χ0n) is 7.47. The molecule has 76 valence electrons. The summed E-state index contributed by atoms with van der Waals surface area (Å²) in [5.41, 5.74) is 0.945. The molecule has 0 fully saturated rings. The van der Waals surface area contributed by atoms with E-state index in [2.05, 4.69) is 0 Å². The van der Waals surface area contributed by atoms with Crippen LogP contribution < -0.4 is 0 Å². The molecule has 0 bridgehead atoms. The highest BCUT2D eigenvalue weighted by Gasteiger charge is 2.07. The van der Waals surface area contributed by atoms with Crippen LogP contribution in [0.2, 0.25) is 0 Å². The topological polar surface area (TPSA) is 78.2 Å². The van der Waals surface area contributed by atoms with Crippen molar-refractivity contribution in [3.8, 4) is 0 Å². The Balaban J connectivity index is 2.84. The highest BCUT2D eigenvalue weighted by atomic mass is 32.2. The zero-order chi connectivity index (χ0) is 10.6. The molecule has 0 aliphatic heterocycles. The summed E-state index contributed by atoms with van der Waals surface area (Å²) in [7, 11) is -4.08. The zero-order valence-corrected chi connectivity index (χ0v) is 8.29. The van der Waals surface area contributed by atoms with Crippen molar-refractivity contribution in [2.24, 2.45) is 0 Å². The first-order valence-corrected chi connectivity index (χ1v) is 5.53. The van der Waals surface area contributed by atoms with Crippen molar-refractivity contribution in [1.29, 1.82) is 5.41 Å². The lowest BCUT2D eigenvalue weighted by Gasteiger charge is -1.99. The molecule has 2 N–H and O–H groups in total. The molecule has 0 aliphatic rings. The van der Waals surface area contributed by atoms with Gasteiger partial charge in [-0.25, -0.2) is 0 Å². The third kappa shape index (κ3) is 2.93. The maximum atomic E-state index is 10.7. The van der Waals surface area contributed by atoms with E-state index in [9.17, 15) is 8.42 Å². The van der Waals surface area contributed by atoms with Gasteiger partial charge in [0.2, 0.25) is 0 Å². The number of hydrogen-bond donors (Lipinski definition) is 2. The normalized spacial score (nSPS) is 11.2. The van der Waals surface area contributed by atoms with Gasteiger partial charge in [0.05, 0.1) is 4.90 Å². The van der Waals surface area contributed by atoms with Crippen LogP contribution in [0.25, 0.3) is 0 Å². The Labute approximate surface area is 82.8 Å². The molecule has 0 spiro atoms. The molecular formula is C9H11NO3S. The van der Waals surface area contributed by atoms with Crippen LogP contribution >= 0.6 is 0 Å². The molecule has 14 heavy (non-hydrogen) atoms. The fraction of sp³-hybridized carbons (Fsp3) is 0.222. The Kier molecular flexibility index (Phi) is 3.38. The minimum atomic E-state index is -4.08. The molecule has 1 aromatic rings. The van der Waals surface area contributed by atoms with E-state index in [1.54, 1.807) is 12.1 Å². The van der Waals surface area contributed by atoms with Gasteiger partial charge in [0.15, 0.2) is 0 Å². The van der Waals surface area contributed by atoms with Gasteiger partial charge in [-0.05, 0) is 36.8 Å². The second-order valence-corrected chi connectivity index (χ2v) is 4.28. The van der Waals surface area contributed by atoms with E-state index in [-0.39, 0.29) is 4.90 Å². The van der Waals surface area contributed by atoms with Crippen molar-refractivity contribution in [2.75, 3.05) is 0 Å². The van der Waals surface area contributed by atoms with Crippen LogP contribution in [0.1, 0.15) is 12.0 Å². The number of benzene rings is 1. The molecular weight excluding hydrogens is 202 g/mol. The van der Waals surface area contributed by atoms with E-state index in [0.29, 0.717) is 12.8 Å². The Hall–Kier alpha value is -1.20. The van der Waals surface area contributed by atoms with Gasteiger partial charge >= 0.3 is 0 Å². The molecule has 4 nitrogen and oxygen atoms in total. The number of rotatable bonds is 4. The van der Waals surface area contributed by atoms with E-state index in [1.165, 1.54) is 18.3 Å². The van der Waals surface area contributed by atoms with Gasteiger partial charge < -0.3 is 5.41 Å². The van der Waals surface area contributed by atoms with E-state index >= 15 is 0 Å². The van der Waals surface area contributed by atoms with Crippen LogP contribution in [-0.4, -0.2) is 19.2 Å². The largest absolute Gasteiger partial charge is 0.313 e. The van der Waals surface area contributed by atoms with Crippen molar-refractivity contribution in [3.05, 3.63) is 29.8 Å². The van der Waals surface area contributed by atoms with Crippen molar-refractivity contribution in [2.45, 2.75) is 17.7 Å². The van der Waals surface area contributed by atoms with E-state index in [1.807, 2.05) is 0 Å². The standard InChI is InChI=1S/C9H11NO3S/c10-7-1-2-8-3-5-9(6-4-8)14(11,12)13/h3-7,10H,1-2H2,(H,11,12,13). The molecule has 0 aromatic heterocycles. The van der Waals surface area contributed by atoms with Crippen molar-refractivity contribution < 1.29 is 13.0 Å². The fourth-order valence-electron chi connectivity index (χ4n) is 1.07. The predicted octanol–water partition coefficient (Wildman–Crippen LogP) is 1.52. The van der Waals surface area contributed by atoms with Crippen LogP contribution in [-0.2, 0) is 16.5 Å². The molecule has 1 aromatic carbocycles. The predicted molar refractivity (Wildman–Crippen MR) is 53.4 cm³/mol. The van der Waals surface area contributed by atoms with E-state index in [4.69, 9.17) is 9.96 Å². The lowest BCUT2D eigenvalue weighted by molar-refractivity contribution is 0.483. The quantitative estimate of drug-likeness (QED) is 0.588. The maximum Gasteiger partial charge on any atom is 0.294 e. The summed E-state index contributed by atoms with van der Waals surface area (Å²) in [6, 6.07) is 5.97. The summed E-state index contributed by atoms with van der Waals surface area (Å²) in [6.07, 6.45) is 2.64. The smallest absolute Gasteiger partial charge is 0.294 e. The molecule has 0 saturated carbocycles. The summed E-state index contributed by atoms with van der Waals surface area (Å²) in [4.78, 5) is -0.101. The van der Waals surface area contributed by atoms with Gasteiger partial charge in [0.25, 0.3) is 10.1 Å². The molecule has 0 amide bonds. The van der Waals surface area contributed by atoms with Crippen LogP contribution in [0.4, 0.5) is 0 Å². The minimum Gasteiger partial charge on any atom is -0.313 e. The lowest BCUT2D eigenvalue weighted by atomic mass is 10.1. The molecule has 0 atom stereocenters. The van der Waals surface area contributed by atoms with Crippen LogP contribution in [0.3, 0.4) is 0 Å². The van der Waals surface area contributed by atoms with Gasteiger partial charge in [0, 0.05) is 0 Å². The first kappa shape index (κ1) is 10.9. The number of aryl methyl sites for hydroxylation is 1. The highest BCUT2D eigenvalue weighted by molar-refractivity contribution is 7.85. The molecule has 0 heterocycles. The summed E-state index contributed by atoms with van der Waals surface area (Å²) in [5.74, 6) is 0. The molecule has 0 unspecified atom stereocenters. The first-order valence-electron chi connectivity index (χ1n) is 4.09. The maximum absolute atomic E-state index is 10.7. The van der Waals surface area contributed by atoms with Gasteiger partial charge in [-0.15, -0.1) is 0 Å². The molecule has 0 saturated heterocycles. The van der Waals surface area contributed by atoms with Gasteiger partial charge in [-0.1, -0.05) is 12.1 Å². The monoisotopic (exact) mass is 213 g/mol. The second-order valence-electron chi connectivity index (χ2n) is 2.86. The summed E-state index contributed by atoms with van der Waals surface area (Å²) >= 11 is 0. The Morgan fingerprint density at radius 3 is 2.29 bits per heavy atom. The van der Waals surface area contributed by atoms with Crippen LogP contribution in [0, 0.1) is 5.41 Å². The Morgan fingerprint density at radius 1 is 1.29 bits per heavy atom. The van der Waals surface area contributed by atoms with Crippen molar-refractivity contribution in [3.63, 3.8) is 0 Å². The Bertz CT molecular complexity index is 408. The summed E-state index contributed by atoms with van der Waals surface area (Å²) in [6.45, 7) is 0. The SMILES string of the molecule is N=CCCc1ccc(S(=O)(=O)O)cc1. The van der Waals surface area contributed by atoms with Gasteiger partial charge in [-0.3, -0.25) is 4.55 Å². The van der Waals surface area contributed by atoms with Gasteiger partial charge in [-0.2, -0.15) is 8.42 Å². The van der Waals surface area contributed by atoms with E-state index in [0.717, 1.165) is 5.56 Å². The molecule has 0 radical (unpaired) electrons. The molecule has 1 rings (SSSR count). The summed E-state index contributed by atoms with van der Waals surface area (Å²) < 4.78 is 30.0. The Morgan fingerprint density at radius 2 is 1.86 bits per heavy atom. The molecule has 5 heteroatoms. The number of nitrogens with one attached hydrogen (secondary N) is 1. The van der Waals surface area contributed by atoms with Crippen LogP contribution in [0.5, 0.6) is 0 Å². The summed E-state index contributed by atoms with van der Waals surface area (Å²) in [5, 5.41) is 6.83. The van der Waals surface area contributed by atoms with Crippen molar-refractivity contribution in [1.82, 2.24) is 0 Å².